The third kappa shape index (κ3) is 3.79. The molecule has 1 aromatic carbocycles. The number of carbonyl (C=O) groups excluding carboxylic acids is 1. The molecule has 1 amide bonds. The standard InChI is InChI=1S/C19H22N2O2S/c1-24-18-12-15(9-10-20-18)19(23)21-11-5-8-16(21)13-17(22)14-6-3-2-4-7-14/h2-4,6-7,9-10,12,16-17,22H,5,8,11,13H2,1H3. The van der Waals surface area contributed by atoms with Crippen LogP contribution in [0.1, 0.15) is 41.3 Å². The summed E-state index contributed by atoms with van der Waals surface area (Å²) in [5, 5.41) is 11.3. The predicted molar refractivity (Wildman–Crippen MR) is 96.1 cm³/mol. The molecule has 2 heterocycles. The number of pyridine rings is 1. The van der Waals surface area contributed by atoms with Crippen LogP contribution >= 0.6 is 11.8 Å². The summed E-state index contributed by atoms with van der Waals surface area (Å²) in [5.41, 5.74) is 1.58. The van der Waals surface area contributed by atoms with Crippen molar-refractivity contribution in [2.24, 2.45) is 0 Å². The SMILES string of the molecule is CSc1cc(C(=O)N2CCCC2CC(O)c2ccccc2)ccn1. The van der Waals surface area contributed by atoms with Gasteiger partial charge in [-0.2, -0.15) is 0 Å². The van der Waals surface area contributed by atoms with Gasteiger partial charge in [-0.1, -0.05) is 30.3 Å². The lowest BCUT2D eigenvalue weighted by atomic mass is 10.0. The molecule has 4 nitrogen and oxygen atoms in total. The molecule has 2 unspecified atom stereocenters. The number of benzene rings is 1. The van der Waals surface area contributed by atoms with Crippen molar-refractivity contribution in [2.75, 3.05) is 12.8 Å². The second-order valence-corrected chi connectivity index (χ2v) is 6.87. The molecule has 24 heavy (non-hydrogen) atoms. The van der Waals surface area contributed by atoms with Gasteiger partial charge in [-0.15, -0.1) is 11.8 Å². The molecule has 1 aliphatic heterocycles. The van der Waals surface area contributed by atoms with E-state index in [-0.39, 0.29) is 11.9 Å². The lowest BCUT2D eigenvalue weighted by Gasteiger charge is -2.27. The number of rotatable bonds is 5. The number of carbonyl (C=O) groups is 1. The molecule has 1 aromatic heterocycles. The predicted octanol–water partition coefficient (Wildman–Crippen LogP) is 3.53. The smallest absolute Gasteiger partial charge is 0.254 e. The maximum Gasteiger partial charge on any atom is 0.254 e. The third-order valence-electron chi connectivity index (χ3n) is 4.51. The van der Waals surface area contributed by atoms with Gasteiger partial charge in [-0.25, -0.2) is 4.98 Å². The minimum Gasteiger partial charge on any atom is -0.388 e. The number of hydrogen-bond donors (Lipinski definition) is 1. The Hall–Kier alpha value is -1.85. The monoisotopic (exact) mass is 342 g/mol. The molecule has 2 aromatic rings. The summed E-state index contributed by atoms with van der Waals surface area (Å²) in [5.74, 6) is 0.0375. The quantitative estimate of drug-likeness (QED) is 0.845. The van der Waals surface area contributed by atoms with Crippen LogP contribution in [-0.4, -0.2) is 39.7 Å². The van der Waals surface area contributed by atoms with E-state index in [4.69, 9.17) is 0 Å². The zero-order valence-electron chi connectivity index (χ0n) is 13.8. The number of aliphatic hydroxyl groups excluding tert-OH is 1. The van der Waals surface area contributed by atoms with Crippen LogP contribution < -0.4 is 0 Å². The van der Waals surface area contributed by atoms with Crippen molar-refractivity contribution >= 4 is 17.7 Å². The fourth-order valence-electron chi connectivity index (χ4n) is 3.24. The number of aliphatic hydroxyl groups is 1. The average Bonchev–Trinajstić information content (AvgIpc) is 3.10. The summed E-state index contributed by atoms with van der Waals surface area (Å²) in [6.45, 7) is 0.752. The van der Waals surface area contributed by atoms with E-state index < -0.39 is 6.10 Å². The fourth-order valence-corrected chi connectivity index (χ4v) is 3.65. The van der Waals surface area contributed by atoms with Crippen LogP contribution in [0.5, 0.6) is 0 Å². The van der Waals surface area contributed by atoms with E-state index in [0.29, 0.717) is 12.0 Å². The summed E-state index contributed by atoms with van der Waals surface area (Å²) in [7, 11) is 0. The van der Waals surface area contributed by atoms with Gasteiger partial charge in [-0.05, 0) is 43.2 Å². The normalized spacial score (nSPS) is 18.6. The van der Waals surface area contributed by atoms with Crippen molar-refractivity contribution in [2.45, 2.75) is 36.4 Å². The van der Waals surface area contributed by atoms with E-state index in [9.17, 15) is 9.90 Å². The molecule has 1 saturated heterocycles. The van der Waals surface area contributed by atoms with E-state index in [1.807, 2.05) is 47.6 Å². The van der Waals surface area contributed by atoms with Crippen LogP contribution in [0.25, 0.3) is 0 Å². The number of likely N-dealkylation sites (tertiary alicyclic amines) is 1. The van der Waals surface area contributed by atoms with E-state index in [1.54, 1.807) is 12.3 Å². The Morgan fingerprint density at radius 3 is 2.92 bits per heavy atom. The molecule has 0 aliphatic carbocycles. The Labute approximate surface area is 146 Å². The molecule has 1 aliphatic rings. The van der Waals surface area contributed by atoms with Crippen LogP contribution in [0.4, 0.5) is 0 Å². The van der Waals surface area contributed by atoms with Gasteiger partial charge in [0.15, 0.2) is 0 Å². The first-order chi connectivity index (χ1) is 11.7. The van der Waals surface area contributed by atoms with Crippen LogP contribution in [0, 0.1) is 0 Å². The second-order valence-electron chi connectivity index (χ2n) is 6.04. The Morgan fingerprint density at radius 1 is 1.38 bits per heavy atom. The Bertz CT molecular complexity index is 693. The summed E-state index contributed by atoms with van der Waals surface area (Å²) >= 11 is 1.53. The number of thioether (sulfide) groups is 1. The highest BCUT2D eigenvalue weighted by Crippen LogP contribution is 2.29. The van der Waals surface area contributed by atoms with Gasteiger partial charge in [-0.3, -0.25) is 4.79 Å². The Morgan fingerprint density at radius 2 is 2.17 bits per heavy atom. The highest BCUT2D eigenvalue weighted by molar-refractivity contribution is 7.98. The second kappa shape index (κ2) is 7.81. The van der Waals surface area contributed by atoms with Crippen molar-refractivity contribution in [3.63, 3.8) is 0 Å². The molecule has 2 atom stereocenters. The van der Waals surface area contributed by atoms with Gasteiger partial charge in [0, 0.05) is 24.3 Å². The van der Waals surface area contributed by atoms with Gasteiger partial charge in [0.1, 0.15) is 0 Å². The minimum absolute atomic E-state index is 0.0375. The molecule has 0 spiro atoms. The van der Waals surface area contributed by atoms with Crippen molar-refractivity contribution in [3.05, 3.63) is 59.8 Å². The summed E-state index contributed by atoms with van der Waals surface area (Å²) in [6.07, 6.45) is 5.60. The molecule has 0 bridgehead atoms. The first-order valence-electron chi connectivity index (χ1n) is 8.23. The molecule has 0 radical (unpaired) electrons. The Kier molecular flexibility index (Phi) is 5.53. The molecule has 0 saturated carbocycles. The molecule has 126 valence electrons. The van der Waals surface area contributed by atoms with Crippen LogP contribution in [0.2, 0.25) is 0 Å². The van der Waals surface area contributed by atoms with E-state index in [0.717, 1.165) is 30.0 Å². The molecule has 5 heteroatoms. The number of hydrogen-bond acceptors (Lipinski definition) is 4. The highest BCUT2D eigenvalue weighted by atomic mass is 32.2. The number of amides is 1. The average molecular weight is 342 g/mol. The van der Waals surface area contributed by atoms with Crippen LogP contribution in [0.3, 0.4) is 0 Å². The lowest BCUT2D eigenvalue weighted by molar-refractivity contribution is 0.0666. The highest BCUT2D eigenvalue weighted by Gasteiger charge is 2.31. The van der Waals surface area contributed by atoms with Crippen molar-refractivity contribution in [1.82, 2.24) is 9.88 Å². The van der Waals surface area contributed by atoms with Crippen molar-refractivity contribution in [1.29, 1.82) is 0 Å². The maximum absolute atomic E-state index is 12.9. The Balaban J connectivity index is 1.71. The zero-order valence-corrected chi connectivity index (χ0v) is 14.6. The summed E-state index contributed by atoms with van der Waals surface area (Å²) in [4.78, 5) is 19.0. The molecular formula is C19H22N2O2S. The third-order valence-corrected chi connectivity index (χ3v) is 5.15. The van der Waals surface area contributed by atoms with Gasteiger partial charge in [0.05, 0.1) is 11.1 Å². The zero-order chi connectivity index (χ0) is 16.9. The van der Waals surface area contributed by atoms with Gasteiger partial charge >= 0.3 is 0 Å². The van der Waals surface area contributed by atoms with Gasteiger partial charge in [0.2, 0.25) is 0 Å². The van der Waals surface area contributed by atoms with E-state index in [1.165, 1.54) is 11.8 Å². The number of aromatic nitrogens is 1. The largest absolute Gasteiger partial charge is 0.388 e. The lowest BCUT2D eigenvalue weighted by Crippen LogP contribution is -2.36. The van der Waals surface area contributed by atoms with Crippen molar-refractivity contribution < 1.29 is 9.90 Å². The van der Waals surface area contributed by atoms with E-state index >= 15 is 0 Å². The molecule has 3 rings (SSSR count). The van der Waals surface area contributed by atoms with Crippen LogP contribution in [-0.2, 0) is 0 Å². The van der Waals surface area contributed by atoms with E-state index in [2.05, 4.69) is 4.98 Å². The van der Waals surface area contributed by atoms with Gasteiger partial charge in [0.25, 0.3) is 5.91 Å². The van der Waals surface area contributed by atoms with Crippen molar-refractivity contribution in [3.8, 4) is 0 Å². The fraction of sp³-hybridized carbons (Fsp3) is 0.368. The first-order valence-corrected chi connectivity index (χ1v) is 9.45. The first kappa shape index (κ1) is 17.0. The maximum atomic E-state index is 12.9. The van der Waals surface area contributed by atoms with Gasteiger partial charge < -0.3 is 10.0 Å². The topological polar surface area (TPSA) is 53.4 Å². The molecule has 1 fully saturated rings. The molecule has 1 N–H and O–H groups in total. The van der Waals surface area contributed by atoms with Crippen LogP contribution in [0.15, 0.2) is 53.7 Å². The minimum atomic E-state index is -0.538. The number of nitrogens with zero attached hydrogens (tertiary/aromatic N) is 2. The molecular weight excluding hydrogens is 320 g/mol. The summed E-state index contributed by atoms with van der Waals surface area (Å²) in [6, 6.07) is 13.3. The summed E-state index contributed by atoms with van der Waals surface area (Å²) < 4.78 is 0.